The minimum atomic E-state index is -3.99. The summed E-state index contributed by atoms with van der Waals surface area (Å²) in [6.45, 7) is 1.93. The second-order valence-electron chi connectivity index (χ2n) is 5.78. The number of sulfonamides is 1. The fourth-order valence-corrected chi connectivity index (χ4v) is 3.65. The quantitative estimate of drug-likeness (QED) is 0.704. The molecule has 3 rings (SSSR count). The van der Waals surface area contributed by atoms with E-state index >= 15 is 0 Å². The highest BCUT2D eigenvalue weighted by Crippen LogP contribution is 2.19. The largest absolute Gasteiger partial charge is 0.330 e. The Morgan fingerprint density at radius 3 is 2.59 bits per heavy atom. The van der Waals surface area contributed by atoms with E-state index < -0.39 is 21.7 Å². The number of benzene rings is 2. The van der Waals surface area contributed by atoms with E-state index in [4.69, 9.17) is 11.6 Å². The van der Waals surface area contributed by atoms with Crippen LogP contribution in [0.4, 0.5) is 4.39 Å². The van der Waals surface area contributed by atoms with E-state index in [9.17, 15) is 17.6 Å². The van der Waals surface area contributed by atoms with Crippen molar-refractivity contribution in [2.45, 2.75) is 18.4 Å². The highest BCUT2D eigenvalue weighted by Gasteiger charge is 2.21. The highest BCUT2D eigenvalue weighted by atomic mass is 35.5. The predicted molar refractivity (Wildman–Crippen MR) is 98.6 cm³/mol. The number of imidazole rings is 1. The number of aromatic nitrogens is 2. The van der Waals surface area contributed by atoms with Crippen LogP contribution in [-0.2, 0) is 16.6 Å². The van der Waals surface area contributed by atoms with Crippen LogP contribution in [0.15, 0.2) is 59.6 Å². The molecule has 9 heteroatoms. The molecule has 0 saturated carbocycles. The molecule has 3 aromatic rings. The van der Waals surface area contributed by atoms with Crippen LogP contribution < -0.4 is 4.72 Å². The van der Waals surface area contributed by atoms with Gasteiger partial charge in [-0.15, -0.1) is 0 Å². The van der Waals surface area contributed by atoms with Gasteiger partial charge < -0.3 is 4.57 Å². The lowest BCUT2D eigenvalue weighted by Gasteiger charge is -2.07. The molecule has 0 aliphatic carbocycles. The normalized spacial score (nSPS) is 11.4. The summed E-state index contributed by atoms with van der Waals surface area (Å²) in [5.74, 6) is -0.805. The Labute approximate surface area is 160 Å². The molecular formula is C18H15ClFN3O3S. The molecule has 140 valence electrons. The SMILES string of the molecule is Cc1nc(C(=O)NS(=O)(=O)c2ccccc2)cn1Cc1ccc(F)cc1Cl. The highest BCUT2D eigenvalue weighted by molar-refractivity contribution is 7.90. The summed E-state index contributed by atoms with van der Waals surface area (Å²) >= 11 is 6.02. The van der Waals surface area contributed by atoms with Crippen molar-refractivity contribution in [3.8, 4) is 0 Å². The monoisotopic (exact) mass is 407 g/mol. The van der Waals surface area contributed by atoms with Crippen LogP contribution in [0.1, 0.15) is 21.9 Å². The lowest BCUT2D eigenvalue weighted by Crippen LogP contribution is -2.30. The topological polar surface area (TPSA) is 81.1 Å². The number of hydrogen-bond acceptors (Lipinski definition) is 4. The third kappa shape index (κ3) is 4.35. The third-order valence-corrected chi connectivity index (χ3v) is 5.54. The molecule has 6 nitrogen and oxygen atoms in total. The van der Waals surface area contributed by atoms with Crippen molar-refractivity contribution in [1.29, 1.82) is 0 Å². The molecule has 0 fully saturated rings. The molecule has 1 N–H and O–H groups in total. The van der Waals surface area contributed by atoms with Gasteiger partial charge >= 0.3 is 0 Å². The second kappa shape index (κ2) is 7.50. The van der Waals surface area contributed by atoms with Crippen molar-refractivity contribution in [2.24, 2.45) is 0 Å². The number of nitrogens with one attached hydrogen (secondary N) is 1. The summed E-state index contributed by atoms with van der Waals surface area (Å²) < 4.78 is 41.3. The number of hydrogen-bond donors (Lipinski definition) is 1. The van der Waals surface area contributed by atoms with Gasteiger partial charge in [-0.3, -0.25) is 4.79 Å². The zero-order valence-electron chi connectivity index (χ0n) is 14.2. The van der Waals surface area contributed by atoms with Gasteiger partial charge in [-0.2, -0.15) is 0 Å². The molecule has 0 aliphatic heterocycles. The zero-order chi connectivity index (χ0) is 19.6. The molecule has 2 aromatic carbocycles. The van der Waals surface area contributed by atoms with Crippen molar-refractivity contribution < 1.29 is 17.6 Å². The maximum Gasteiger partial charge on any atom is 0.285 e. The summed E-state index contributed by atoms with van der Waals surface area (Å²) in [5, 5.41) is 0.251. The number of carbonyl (C=O) groups excluding carboxylic acids is 1. The van der Waals surface area contributed by atoms with Gasteiger partial charge in [0.25, 0.3) is 15.9 Å². The number of amides is 1. The lowest BCUT2D eigenvalue weighted by atomic mass is 10.2. The molecule has 1 heterocycles. The van der Waals surface area contributed by atoms with Gasteiger partial charge in [-0.1, -0.05) is 35.9 Å². The van der Waals surface area contributed by atoms with Crippen molar-refractivity contribution in [3.63, 3.8) is 0 Å². The fraction of sp³-hybridized carbons (Fsp3) is 0.111. The first-order valence-corrected chi connectivity index (χ1v) is 9.72. The predicted octanol–water partition coefficient (Wildman–Crippen LogP) is 3.15. The van der Waals surface area contributed by atoms with Crippen molar-refractivity contribution >= 4 is 27.5 Å². The molecule has 27 heavy (non-hydrogen) atoms. The Bertz CT molecular complexity index is 1100. The van der Waals surface area contributed by atoms with Gasteiger partial charge in [-0.25, -0.2) is 22.5 Å². The van der Waals surface area contributed by atoms with Crippen LogP contribution in [0.2, 0.25) is 5.02 Å². The Balaban J connectivity index is 1.80. The van der Waals surface area contributed by atoms with E-state index in [1.54, 1.807) is 29.7 Å². The summed E-state index contributed by atoms with van der Waals surface area (Å²) in [7, 11) is -3.99. The Morgan fingerprint density at radius 2 is 1.93 bits per heavy atom. The van der Waals surface area contributed by atoms with Crippen LogP contribution in [0.25, 0.3) is 0 Å². The van der Waals surface area contributed by atoms with Crippen LogP contribution >= 0.6 is 11.6 Å². The molecule has 0 aliphatic rings. The van der Waals surface area contributed by atoms with E-state index in [0.717, 1.165) is 0 Å². The molecule has 0 atom stereocenters. The van der Waals surface area contributed by atoms with Gasteiger partial charge in [0.1, 0.15) is 17.3 Å². The Hall–Kier alpha value is -2.71. The maximum absolute atomic E-state index is 13.2. The number of rotatable bonds is 5. The van der Waals surface area contributed by atoms with Crippen LogP contribution in [0, 0.1) is 12.7 Å². The minimum Gasteiger partial charge on any atom is -0.330 e. The summed E-state index contributed by atoms with van der Waals surface area (Å²) in [5.41, 5.74) is 0.590. The van der Waals surface area contributed by atoms with Gasteiger partial charge in [-0.05, 0) is 36.8 Å². The minimum absolute atomic E-state index is 0.0207. The first kappa shape index (κ1) is 19.1. The maximum atomic E-state index is 13.2. The van der Waals surface area contributed by atoms with Gasteiger partial charge in [0.2, 0.25) is 0 Å². The Kier molecular flexibility index (Phi) is 5.29. The van der Waals surface area contributed by atoms with Crippen LogP contribution in [0.5, 0.6) is 0 Å². The van der Waals surface area contributed by atoms with Crippen molar-refractivity contribution in [2.75, 3.05) is 0 Å². The lowest BCUT2D eigenvalue weighted by molar-refractivity contribution is 0.0977. The molecule has 1 amide bonds. The summed E-state index contributed by atoms with van der Waals surface area (Å²) in [4.78, 5) is 16.4. The van der Waals surface area contributed by atoms with Crippen LogP contribution in [-0.4, -0.2) is 23.9 Å². The molecule has 0 bridgehead atoms. The first-order chi connectivity index (χ1) is 12.8. The molecule has 0 saturated heterocycles. The second-order valence-corrected chi connectivity index (χ2v) is 7.87. The molecular weight excluding hydrogens is 393 g/mol. The van der Waals surface area contributed by atoms with Gasteiger partial charge in [0.05, 0.1) is 11.4 Å². The zero-order valence-corrected chi connectivity index (χ0v) is 15.8. The first-order valence-electron chi connectivity index (χ1n) is 7.86. The van der Waals surface area contributed by atoms with Crippen LogP contribution in [0.3, 0.4) is 0 Å². The van der Waals surface area contributed by atoms with Crippen molar-refractivity contribution in [1.82, 2.24) is 14.3 Å². The summed E-state index contributed by atoms with van der Waals surface area (Å²) in [6.07, 6.45) is 1.42. The van der Waals surface area contributed by atoms with E-state index in [2.05, 4.69) is 4.98 Å². The van der Waals surface area contributed by atoms with E-state index in [1.807, 2.05) is 4.72 Å². The Morgan fingerprint density at radius 1 is 1.22 bits per heavy atom. The van der Waals surface area contributed by atoms with Gasteiger partial charge in [0, 0.05) is 11.2 Å². The number of halogens is 2. The number of nitrogens with zero attached hydrogens (tertiary/aromatic N) is 2. The average molecular weight is 408 g/mol. The van der Waals surface area contributed by atoms with E-state index in [0.29, 0.717) is 11.4 Å². The number of carbonyl (C=O) groups is 1. The number of aryl methyl sites for hydroxylation is 1. The van der Waals surface area contributed by atoms with Gasteiger partial charge in [0.15, 0.2) is 0 Å². The standard InChI is InChI=1S/C18H15ClFN3O3S/c1-12-21-17(11-23(12)10-13-7-8-14(20)9-16(13)19)18(24)22-27(25,26)15-5-3-2-4-6-15/h2-9,11H,10H2,1H3,(H,22,24). The van der Waals surface area contributed by atoms with E-state index in [1.165, 1.54) is 36.5 Å². The fourth-order valence-electron chi connectivity index (χ4n) is 2.44. The third-order valence-electron chi connectivity index (χ3n) is 3.85. The summed E-state index contributed by atoms with van der Waals surface area (Å²) in [6, 6.07) is 11.6. The average Bonchev–Trinajstić information content (AvgIpc) is 2.99. The van der Waals surface area contributed by atoms with Crippen molar-refractivity contribution in [3.05, 3.63) is 82.6 Å². The molecule has 1 aromatic heterocycles. The molecule has 0 radical (unpaired) electrons. The van der Waals surface area contributed by atoms with E-state index in [-0.39, 0.29) is 22.2 Å². The molecule has 0 unspecified atom stereocenters. The molecule has 0 spiro atoms. The smallest absolute Gasteiger partial charge is 0.285 e.